The molecule has 2 N–H and O–H groups in total. The summed E-state index contributed by atoms with van der Waals surface area (Å²) in [6.45, 7) is 1.04. The largest absolute Gasteiger partial charge is 0.480 e. The van der Waals surface area contributed by atoms with Gasteiger partial charge in [-0.05, 0) is 24.6 Å². The average Bonchev–Trinajstić information content (AvgIpc) is 2.28. The number of carbonyl (C=O) groups is 2. The first kappa shape index (κ1) is 14.5. The second kappa shape index (κ2) is 6.98. The van der Waals surface area contributed by atoms with E-state index in [1.54, 1.807) is 25.1 Å². The fourth-order valence-electron chi connectivity index (χ4n) is 1.37. The summed E-state index contributed by atoms with van der Waals surface area (Å²) in [4.78, 5) is 21.6. The van der Waals surface area contributed by atoms with Crippen LogP contribution in [0.4, 0.5) is 0 Å². The van der Waals surface area contributed by atoms with Gasteiger partial charge in [0.25, 0.3) is 0 Å². The van der Waals surface area contributed by atoms with Gasteiger partial charge < -0.3 is 15.2 Å². The van der Waals surface area contributed by atoms with Crippen LogP contribution in [-0.2, 0) is 14.3 Å². The van der Waals surface area contributed by atoms with E-state index in [4.69, 9.17) is 16.7 Å². The monoisotopic (exact) mass is 271 g/mol. The normalized spacial score (nSPS) is 11.9. The zero-order valence-electron chi connectivity index (χ0n) is 9.85. The number of halogens is 1. The summed E-state index contributed by atoms with van der Waals surface area (Å²) in [6.07, 6.45) is 0. The van der Waals surface area contributed by atoms with Crippen molar-refractivity contribution in [2.75, 3.05) is 13.2 Å². The molecule has 1 rings (SSSR count). The molecule has 1 aromatic carbocycles. The maximum absolute atomic E-state index is 11.4. The Morgan fingerprint density at radius 3 is 2.78 bits per heavy atom. The first-order chi connectivity index (χ1) is 8.49. The quantitative estimate of drug-likeness (QED) is 0.824. The Bertz CT molecular complexity index is 436. The molecule has 0 aliphatic heterocycles. The Hall–Kier alpha value is -1.59. The van der Waals surface area contributed by atoms with Gasteiger partial charge in [0.15, 0.2) is 0 Å². The Morgan fingerprint density at radius 2 is 2.17 bits per heavy atom. The van der Waals surface area contributed by atoms with Gasteiger partial charge in [-0.2, -0.15) is 0 Å². The zero-order valence-corrected chi connectivity index (χ0v) is 10.6. The van der Waals surface area contributed by atoms with E-state index in [9.17, 15) is 9.59 Å². The molecule has 5 nitrogen and oxygen atoms in total. The van der Waals surface area contributed by atoms with E-state index in [0.717, 1.165) is 5.56 Å². The first-order valence-corrected chi connectivity index (χ1v) is 5.71. The number of carboxylic acid groups (broad SMARTS) is 1. The highest BCUT2D eigenvalue weighted by Gasteiger charge is 2.10. The molecule has 98 valence electrons. The van der Waals surface area contributed by atoms with Gasteiger partial charge in [-0.25, -0.2) is 4.79 Å². The molecule has 0 bridgehead atoms. The maximum atomic E-state index is 11.4. The van der Waals surface area contributed by atoms with E-state index in [0.29, 0.717) is 5.02 Å². The molecule has 0 aromatic heterocycles. The van der Waals surface area contributed by atoms with Crippen LogP contribution in [0.2, 0.25) is 5.02 Å². The summed E-state index contributed by atoms with van der Waals surface area (Å²) < 4.78 is 4.68. The highest BCUT2D eigenvalue weighted by molar-refractivity contribution is 6.30. The van der Waals surface area contributed by atoms with Crippen molar-refractivity contribution < 1.29 is 19.4 Å². The number of hydrogen-bond acceptors (Lipinski definition) is 3. The van der Waals surface area contributed by atoms with Gasteiger partial charge >= 0.3 is 5.97 Å². The minimum Gasteiger partial charge on any atom is -0.480 e. The number of benzene rings is 1. The average molecular weight is 272 g/mol. The molecule has 1 amide bonds. The lowest BCUT2D eigenvalue weighted by Crippen LogP contribution is -2.30. The third kappa shape index (κ3) is 5.16. The molecule has 0 saturated heterocycles. The number of hydrogen-bond donors (Lipinski definition) is 2. The van der Waals surface area contributed by atoms with Gasteiger partial charge in [-0.1, -0.05) is 23.7 Å². The number of carbonyl (C=O) groups excluding carboxylic acids is 1. The lowest BCUT2D eigenvalue weighted by atomic mass is 10.1. The first-order valence-electron chi connectivity index (χ1n) is 5.33. The molecule has 0 fully saturated rings. The summed E-state index contributed by atoms with van der Waals surface area (Å²) in [5.41, 5.74) is 0.870. The van der Waals surface area contributed by atoms with Crippen molar-refractivity contribution in [3.05, 3.63) is 34.9 Å². The molecule has 0 aliphatic carbocycles. The number of carboxylic acids is 1. The molecule has 0 radical (unpaired) electrons. The SMILES string of the molecule is CC(NC(=O)COCC(=O)O)c1cccc(Cl)c1. The van der Waals surface area contributed by atoms with Crippen molar-refractivity contribution in [2.24, 2.45) is 0 Å². The Labute approximate surface area is 110 Å². The summed E-state index contributed by atoms with van der Waals surface area (Å²) in [7, 11) is 0. The standard InChI is InChI=1S/C12H14ClNO4/c1-8(9-3-2-4-10(13)5-9)14-11(15)6-18-7-12(16)17/h2-5,8H,6-7H2,1H3,(H,14,15)(H,16,17). The number of amides is 1. The van der Waals surface area contributed by atoms with E-state index >= 15 is 0 Å². The van der Waals surface area contributed by atoms with E-state index in [1.807, 2.05) is 6.07 Å². The van der Waals surface area contributed by atoms with Crippen LogP contribution in [0.15, 0.2) is 24.3 Å². The van der Waals surface area contributed by atoms with Crippen LogP contribution < -0.4 is 5.32 Å². The zero-order chi connectivity index (χ0) is 13.5. The molecule has 18 heavy (non-hydrogen) atoms. The predicted octanol–water partition coefficient (Wildman–Crippen LogP) is 1.62. The van der Waals surface area contributed by atoms with Crippen LogP contribution in [0.5, 0.6) is 0 Å². The number of ether oxygens (including phenoxy) is 1. The lowest BCUT2D eigenvalue weighted by molar-refractivity contribution is -0.143. The van der Waals surface area contributed by atoms with Gasteiger partial charge in [-0.15, -0.1) is 0 Å². The molecule has 0 saturated carbocycles. The topological polar surface area (TPSA) is 75.6 Å². The van der Waals surface area contributed by atoms with Gasteiger partial charge in [0.1, 0.15) is 13.2 Å². The van der Waals surface area contributed by atoms with Gasteiger partial charge in [0.2, 0.25) is 5.91 Å². The molecule has 0 spiro atoms. The third-order valence-electron chi connectivity index (χ3n) is 2.18. The van der Waals surface area contributed by atoms with E-state index in [2.05, 4.69) is 10.1 Å². The smallest absolute Gasteiger partial charge is 0.329 e. The molecular weight excluding hydrogens is 258 g/mol. The van der Waals surface area contributed by atoms with Crippen LogP contribution in [0.1, 0.15) is 18.5 Å². The summed E-state index contributed by atoms with van der Waals surface area (Å²) in [6, 6.07) is 6.92. The molecule has 0 heterocycles. The lowest BCUT2D eigenvalue weighted by Gasteiger charge is -2.14. The minimum atomic E-state index is -1.11. The molecule has 6 heteroatoms. The Balaban J connectivity index is 2.42. The fraction of sp³-hybridized carbons (Fsp3) is 0.333. The van der Waals surface area contributed by atoms with Gasteiger partial charge in [0, 0.05) is 5.02 Å². The Kier molecular flexibility index (Phi) is 5.61. The van der Waals surface area contributed by atoms with Crippen LogP contribution in [0, 0.1) is 0 Å². The van der Waals surface area contributed by atoms with Crippen LogP contribution in [-0.4, -0.2) is 30.2 Å². The summed E-state index contributed by atoms with van der Waals surface area (Å²) in [5, 5.41) is 11.6. The highest BCUT2D eigenvalue weighted by Crippen LogP contribution is 2.17. The van der Waals surface area contributed by atoms with E-state index in [-0.39, 0.29) is 18.6 Å². The third-order valence-corrected chi connectivity index (χ3v) is 2.42. The number of rotatable bonds is 6. The van der Waals surface area contributed by atoms with E-state index in [1.165, 1.54) is 0 Å². The van der Waals surface area contributed by atoms with Crippen LogP contribution in [0.3, 0.4) is 0 Å². The van der Waals surface area contributed by atoms with Crippen LogP contribution >= 0.6 is 11.6 Å². The fourth-order valence-corrected chi connectivity index (χ4v) is 1.57. The number of aliphatic carboxylic acids is 1. The highest BCUT2D eigenvalue weighted by atomic mass is 35.5. The minimum absolute atomic E-state index is 0.218. The van der Waals surface area contributed by atoms with Crippen molar-refractivity contribution in [3.63, 3.8) is 0 Å². The maximum Gasteiger partial charge on any atom is 0.329 e. The van der Waals surface area contributed by atoms with E-state index < -0.39 is 12.6 Å². The molecular formula is C12H14ClNO4. The number of nitrogens with one attached hydrogen (secondary N) is 1. The second-order valence-corrected chi connectivity index (χ2v) is 4.17. The molecule has 1 atom stereocenters. The summed E-state index contributed by atoms with van der Waals surface area (Å²) >= 11 is 5.84. The second-order valence-electron chi connectivity index (χ2n) is 3.73. The van der Waals surface area contributed by atoms with Gasteiger partial charge in [0.05, 0.1) is 6.04 Å². The van der Waals surface area contributed by atoms with Crippen molar-refractivity contribution in [1.29, 1.82) is 0 Å². The molecule has 1 unspecified atom stereocenters. The van der Waals surface area contributed by atoms with Crippen molar-refractivity contribution >= 4 is 23.5 Å². The van der Waals surface area contributed by atoms with Gasteiger partial charge in [-0.3, -0.25) is 4.79 Å². The Morgan fingerprint density at radius 1 is 1.44 bits per heavy atom. The molecule has 1 aromatic rings. The van der Waals surface area contributed by atoms with Crippen molar-refractivity contribution in [2.45, 2.75) is 13.0 Å². The summed E-state index contributed by atoms with van der Waals surface area (Å²) in [5.74, 6) is -1.48. The predicted molar refractivity (Wildman–Crippen MR) is 66.5 cm³/mol. The molecule has 0 aliphatic rings. The van der Waals surface area contributed by atoms with Crippen molar-refractivity contribution in [3.8, 4) is 0 Å². The van der Waals surface area contributed by atoms with Crippen molar-refractivity contribution in [1.82, 2.24) is 5.32 Å². The van der Waals surface area contributed by atoms with Crippen LogP contribution in [0.25, 0.3) is 0 Å².